The van der Waals surface area contributed by atoms with E-state index in [0.29, 0.717) is 6.42 Å². The molecule has 2 nitrogen and oxygen atoms in total. The maximum Gasteiger partial charge on any atom is 0.226 e. The van der Waals surface area contributed by atoms with E-state index in [2.05, 4.69) is 0 Å². The molecule has 2 rings (SSSR count). The van der Waals surface area contributed by atoms with Crippen molar-refractivity contribution in [1.82, 2.24) is 0 Å². The molecule has 0 aromatic heterocycles. The number of carbonyl (C=O) groups is 1. The van der Waals surface area contributed by atoms with Gasteiger partial charge in [-0.2, -0.15) is 0 Å². The van der Waals surface area contributed by atoms with Gasteiger partial charge in [0.05, 0.1) is 0 Å². The summed E-state index contributed by atoms with van der Waals surface area (Å²) in [6.45, 7) is 0. The molecule has 1 aliphatic carbocycles. The third-order valence-electron chi connectivity index (χ3n) is 4.01. The Labute approximate surface area is 110 Å². The van der Waals surface area contributed by atoms with Gasteiger partial charge >= 0.3 is 0 Å². The van der Waals surface area contributed by atoms with E-state index < -0.39 is 0 Å². The standard InChI is InChI=1S/C16H23NO/c1-17(15-10-6-3-7-11-15)16(18)13-12-14-8-4-2-5-9-14/h3,6-7,10-11,14H,2,4-5,8-9,12-13H2,1H3. The Bertz CT molecular complexity index is 368. The van der Waals surface area contributed by atoms with Gasteiger partial charge in [0.15, 0.2) is 0 Å². The van der Waals surface area contributed by atoms with Crippen molar-refractivity contribution in [2.24, 2.45) is 5.92 Å². The molecule has 1 saturated carbocycles. The molecule has 1 aliphatic rings. The number of hydrogen-bond donors (Lipinski definition) is 0. The number of rotatable bonds is 4. The number of hydrogen-bond acceptors (Lipinski definition) is 1. The lowest BCUT2D eigenvalue weighted by Crippen LogP contribution is -2.26. The second-order valence-corrected chi connectivity index (χ2v) is 5.33. The largest absolute Gasteiger partial charge is 0.316 e. The second kappa shape index (κ2) is 6.58. The smallest absolute Gasteiger partial charge is 0.226 e. The Morgan fingerprint density at radius 2 is 1.83 bits per heavy atom. The average Bonchev–Trinajstić information content (AvgIpc) is 2.46. The molecule has 0 unspecified atom stereocenters. The van der Waals surface area contributed by atoms with Crippen LogP contribution in [0.3, 0.4) is 0 Å². The molecule has 1 amide bonds. The van der Waals surface area contributed by atoms with Crippen LogP contribution in [0.2, 0.25) is 0 Å². The van der Waals surface area contributed by atoms with Crippen molar-refractivity contribution in [3.63, 3.8) is 0 Å². The van der Waals surface area contributed by atoms with Crippen molar-refractivity contribution in [3.05, 3.63) is 30.3 Å². The Hall–Kier alpha value is -1.31. The molecule has 0 aliphatic heterocycles. The van der Waals surface area contributed by atoms with Crippen molar-refractivity contribution in [1.29, 1.82) is 0 Å². The summed E-state index contributed by atoms with van der Waals surface area (Å²) in [5.74, 6) is 1.03. The fraction of sp³-hybridized carbons (Fsp3) is 0.562. The van der Waals surface area contributed by atoms with Gasteiger partial charge in [0, 0.05) is 19.2 Å². The molecule has 98 valence electrons. The van der Waals surface area contributed by atoms with Crippen LogP contribution in [0.25, 0.3) is 0 Å². The lowest BCUT2D eigenvalue weighted by atomic mass is 9.86. The van der Waals surface area contributed by atoms with Crippen LogP contribution in [0.1, 0.15) is 44.9 Å². The summed E-state index contributed by atoms with van der Waals surface area (Å²) < 4.78 is 0. The molecule has 1 fully saturated rings. The van der Waals surface area contributed by atoms with E-state index in [-0.39, 0.29) is 5.91 Å². The van der Waals surface area contributed by atoms with Crippen LogP contribution < -0.4 is 4.90 Å². The first-order valence-electron chi connectivity index (χ1n) is 7.09. The summed E-state index contributed by atoms with van der Waals surface area (Å²) in [6, 6.07) is 9.89. The predicted molar refractivity (Wildman–Crippen MR) is 75.7 cm³/mol. The van der Waals surface area contributed by atoms with E-state index in [1.807, 2.05) is 37.4 Å². The van der Waals surface area contributed by atoms with E-state index in [9.17, 15) is 4.79 Å². The highest BCUT2D eigenvalue weighted by Crippen LogP contribution is 2.27. The number of benzene rings is 1. The van der Waals surface area contributed by atoms with E-state index in [4.69, 9.17) is 0 Å². The molecule has 1 aromatic carbocycles. The third-order valence-corrected chi connectivity index (χ3v) is 4.01. The molecule has 1 aromatic rings. The normalized spacial score (nSPS) is 16.5. The van der Waals surface area contributed by atoms with E-state index >= 15 is 0 Å². The quantitative estimate of drug-likeness (QED) is 0.785. The van der Waals surface area contributed by atoms with E-state index in [0.717, 1.165) is 18.0 Å². The zero-order chi connectivity index (χ0) is 12.8. The molecule has 0 spiro atoms. The topological polar surface area (TPSA) is 20.3 Å². The zero-order valence-electron chi connectivity index (χ0n) is 11.3. The first kappa shape index (κ1) is 13.1. The fourth-order valence-electron chi connectivity index (χ4n) is 2.77. The number of anilines is 1. The summed E-state index contributed by atoms with van der Waals surface area (Å²) in [7, 11) is 1.87. The minimum Gasteiger partial charge on any atom is -0.316 e. The number of nitrogens with zero attached hydrogens (tertiary/aromatic N) is 1. The number of amides is 1. The van der Waals surface area contributed by atoms with Gasteiger partial charge in [-0.05, 0) is 24.5 Å². The summed E-state index contributed by atoms with van der Waals surface area (Å²) in [5, 5.41) is 0. The summed E-state index contributed by atoms with van der Waals surface area (Å²) in [5.41, 5.74) is 0.992. The predicted octanol–water partition coefficient (Wildman–Crippen LogP) is 4.01. The van der Waals surface area contributed by atoms with Crippen molar-refractivity contribution in [2.75, 3.05) is 11.9 Å². The minimum absolute atomic E-state index is 0.242. The van der Waals surface area contributed by atoms with Crippen LogP contribution in [0.15, 0.2) is 30.3 Å². The van der Waals surface area contributed by atoms with Crippen LogP contribution in [0.4, 0.5) is 5.69 Å². The zero-order valence-corrected chi connectivity index (χ0v) is 11.3. The van der Waals surface area contributed by atoms with Crippen LogP contribution in [-0.4, -0.2) is 13.0 Å². The highest BCUT2D eigenvalue weighted by atomic mass is 16.2. The molecule has 0 bridgehead atoms. The van der Waals surface area contributed by atoms with Crippen LogP contribution >= 0.6 is 0 Å². The molecular weight excluding hydrogens is 222 g/mol. The molecule has 0 atom stereocenters. The first-order chi connectivity index (χ1) is 8.77. The van der Waals surface area contributed by atoms with Gasteiger partial charge in [0.1, 0.15) is 0 Å². The monoisotopic (exact) mass is 245 g/mol. The van der Waals surface area contributed by atoms with Gasteiger partial charge in [-0.25, -0.2) is 0 Å². The number of para-hydroxylation sites is 1. The number of carbonyl (C=O) groups excluding carboxylic acids is 1. The molecule has 0 N–H and O–H groups in total. The van der Waals surface area contributed by atoms with Crippen molar-refractivity contribution in [2.45, 2.75) is 44.9 Å². The first-order valence-corrected chi connectivity index (χ1v) is 7.09. The van der Waals surface area contributed by atoms with Gasteiger partial charge in [-0.15, -0.1) is 0 Å². The second-order valence-electron chi connectivity index (χ2n) is 5.33. The van der Waals surface area contributed by atoms with Gasteiger partial charge in [-0.3, -0.25) is 4.79 Å². The van der Waals surface area contributed by atoms with Crippen molar-refractivity contribution >= 4 is 11.6 Å². The molecule has 2 heteroatoms. The Kier molecular flexibility index (Phi) is 4.80. The van der Waals surface area contributed by atoms with Crippen LogP contribution in [-0.2, 0) is 4.79 Å². The molecular formula is C16H23NO. The highest BCUT2D eigenvalue weighted by molar-refractivity contribution is 5.92. The van der Waals surface area contributed by atoms with Gasteiger partial charge in [-0.1, -0.05) is 50.3 Å². The maximum absolute atomic E-state index is 12.1. The van der Waals surface area contributed by atoms with E-state index in [1.165, 1.54) is 32.1 Å². The van der Waals surface area contributed by atoms with Crippen LogP contribution in [0, 0.1) is 5.92 Å². The Morgan fingerprint density at radius 3 is 2.50 bits per heavy atom. The van der Waals surface area contributed by atoms with Gasteiger partial charge in [0.2, 0.25) is 5.91 Å². The minimum atomic E-state index is 0.242. The highest BCUT2D eigenvalue weighted by Gasteiger charge is 2.16. The van der Waals surface area contributed by atoms with Crippen molar-refractivity contribution in [3.8, 4) is 0 Å². The van der Waals surface area contributed by atoms with Crippen molar-refractivity contribution < 1.29 is 4.79 Å². The summed E-state index contributed by atoms with van der Waals surface area (Å²) in [4.78, 5) is 13.9. The lowest BCUT2D eigenvalue weighted by Gasteiger charge is -2.23. The fourth-order valence-corrected chi connectivity index (χ4v) is 2.77. The molecule has 0 radical (unpaired) electrons. The summed E-state index contributed by atoms with van der Waals surface area (Å²) >= 11 is 0. The summed E-state index contributed by atoms with van der Waals surface area (Å²) in [6.07, 6.45) is 8.49. The SMILES string of the molecule is CN(C(=O)CCC1CCCCC1)c1ccccc1. The molecule has 18 heavy (non-hydrogen) atoms. The average molecular weight is 245 g/mol. The lowest BCUT2D eigenvalue weighted by molar-refractivity contribution is -0.118. The Balaban J connectivity index is 1.80. The maximum atomic E-state index is 12.1. The van der Waals surface area contributed by atoms with Crippen LogP contribution in [0.5, 0.6) is 0 Å². The Morgan fingerprint density at radius 1 is 1.17 bits per heavy atom. The van der Waals surface area contributed by atoms with Gasteiger partial charge in [0.25, 0.3) is 0 Å². The van der Waals surface area contributed by atoms with E-state index in [1.54, 1.807) is 4.90 Å². The van der Waals surface area contributed by atoms with Gasteiger partial charge < -0.3 is 4.90 Å². The third kappa shape index (κ3) is 3.59. The molecule has 0 saturated heterocycles. The molecule has 0 heterocycles.